The Morgan fingerprint density at radius 2 is 1.40 bits per heavy atom. The zero-order valence-electron chi connectivity index (χ0n) is 14.9. The molecule has 0 heterocycles. The van der Waals surface area contributed by atoms with Gasteiger partial charge in [0.2, 0.25) is 0 Å². The van der Waals surface area contributed by atoms with E-state index in [2.05, 4.69) is 85.8 Å². The first-order chi connectivity index (χ1) is 12.3. The van der Waals surface area contributed by atoms with E-state index in [9.17, 15) is 0 Å². The minimum Gasteiger partial charge on any atom is -0.374 e. The fourth-order valence-electron chi connectivity index (χ4n) is 3.11. The molecule has 1 unspecified atom stereocenters. The molecule has 0 spiro atoms. The highest BCUT2D eigenvalue weighted by atomic mass is 16.5. The molecule has 1 nitrogen and oxygen atoms in total. The molecular formula is C24H26O. The van der Waals surface area contributed by atoms with Gasteiger partial charge in [0.15, 0.2) is 0 Å². The first-order valence-electron chi connectivity index (χ1n) is 9.12. The maximum absolute atomic E-state index is 5.98. The summed E-state index contributed by atoms with van der Waals surface area (Å²) in [4.78, 5) is 0. The quantitative estimate of drug-likeness (QED) is 0.472. The lowest BCUT2D eigenvalue weighted by Crippen LogP contribution is -2.08. The Morgan fingerprint density at radius 1 is 0.760 bits per heavy atom. The molecule has 3 aromatic carbocycles. The van der Waals surface area contributed by atoms with E-state index in [4.69, 9.17) is 4.74 Å². The lowest BCUT2D eigenvalue weighted by Gasteiger charge is -2.14. The van der Waals surface area contributed by atoms with Gasteiger partial charge < -0.3 is 4.74 Å². The van der Waals surface area contributed by atoms with Gasteiger partial charge in [-0.25, -0.2) is 0 Å². The molecular weight excluding hydrogens is 304 g/mol. The molecule has 1 atom stereocenters. The predicted octanol–water partition coefficient (Wildman–Crippen LogP) is 6.28. The minimum absolute atomic E-state index is 0.282. The van der Waals surface area contributed by atoms with Crippen LogP contribution in [0.1, 0.15) is 30.9 Å². The number of rotatable bonds is 8. The van der Waals surface area contributed by atoms with E-state index in [1.807, 2.05) is 6.07 Å². The summed E-state index contributed by atoms with van der Waals surface area (Å²) < 4.78 is 5.98. The summed E-state index contributed by atoms with van der Waals surface area (Å²) in [5.41, 5.74) is 5.31. The van der Waals surface area contributed by atoms with Gasteiger partial charge in [-0.1, -0.05) is 84.9 Å². The van der Waals surface area contributed by atoms with Gasteiger partial charge in [-0.2, -0.15) is 0 Å². The average molecular weight is 330 g/mol. The van der Waals surface area contributed by atoms with E-state index in [0.29, 0.717) is 6.61 Å². The average Bonchev–Trinajstić information content (AvgIpc) is 2.68. The molecule has 0 amide bonds. The molecule has 0 radical (unpaired) electrons. The molecule has 0 aliphatic carbocycles. The van der Waals surface area contributed by atoms with Crippen molar-refractivity contribution in [3.05, 3.63) is 96.1 Å². The number of ether oxygens (including phenoxy) is 1. The van der Waals surface area contributed by atoms with Gasteiger partial charge in [-0.15, -0.1) is 0 Å². The summed E-state index contributed by atoms with van der Waals surface area (Å²) in [5, 5.41) is 0. The van der Waals surface area contributed by atoms with Crippen LogP contribution >= 0.6 is 0 Å². The summed E-state index contributed by atoms with van der Waals surface area (Å²) in [6.07, 6.45) is 3.59. The molecule has 0 aromatic heterocycles. The monoisotopic (exact) mass is 330 g/mol. The maximum atomic E-state index is 5.98. The first kappa shape index (κ1) is 17.4. The van der Waals surface area contributed by atoms with Crippen LogP contribution in [0.4, 0.5) is 0 Å². The number of hydrogen-bond acceptors (Lipinski definition) is 1. The molecule has 3 rings (SSSR count). The second-order valence-electron chi connectivity index (χ2n) is 6.52. The Labute approximate surface area is 151 Å². The fraction of sp³-hybridized carbons (Fsp3) is 0.250. The Morgan fingerprint density at radius 3 is 2.16 bits per heavy atom. The van der Waals surface area contributed by atoms with Crippen LogP contribution in [0.15, 0.2) is 84.9 Å². The molecule has 0 N–H and O–H groups in total. The van der Waals surface area contributed by atoms with E-state index in [-0.39, 0.29) is 6.10 Å². The molecule has 0 fully saturated rings. The molecule has 0 aliphatic rings. The zero-order valence-corrected chi connectivity index (χ0v) is 14.9. The minimum atomic E-state index is 0.282. The Hall–Kier alpha value is -2.38. The molecule has 0 bridgehead atoms. The van der Waals surface area contributed by atoms with E-state index < -0.39 is 0 Å². The van der Waals surface area contributed by atoms with E-state index in [1.165, 1.54) is 22.3 Å². The van der Waals surface area contributed by atoms with Crippen LogP contribution in [0.25, 0.3) is 11.1 Å². The Balaban J connectivity index is 1.51. The standard InChI is InChI=1S/C24H26O/c1-20(25-19-21-12-4-2-5-13-21)11-10-17-23-16-8-9-18-24(23)22-14-6-3-7-15-22/h2-9,12-16,18,20H,10-11,17,19H2,1H3. The second kappa shape index (κ2) is 9.19. The van der Waals surface area contributed by atoms with Crippen LogP contribution in [0.2, 0.25) is 0 Å². The van der Waals surface area contributed by atoms with Gasteiger partial charge in [0, 0.05) is 0 Å². The highest BCUT2D eigenvalue weighted by molar-refractivity contribution is 5.67. The van der Waals surface area contributed by atoms with Crippen molar-refractivity contribution >= 4 is 0 Å². The molecule has 128 valence electrons. The van der Waals surface area contributed by atoms with Crippen molar-refractivity contribution in [3.8, 4) is 11.1 Å². The van der Waals surface area contributed by atoms with Crippen LogP contribution in [0.5, 0.6) is 0 Å². The number of hydrogen-bond donors (Lipinski definition) is 0. The summed E-state index contributed by atoms with van der Waals surface area (Å²) in [6, 6.07) is 29.8. The third-order valence-corrected chi connectivity index (χ3v) is 4.54. The normalized spacial score (nSPS) is 12.0. The molecule has 0 saturated heterocycles. The third-order valence-electron chi connectivity index (χ3n) is 4.54. The molecule has 0 saturated carbocycles. The Kier molecular flexibility index (Phi) is 6.42. The number of aryl methyl sites for hydroxylation is 1. The fourth-order valence-corrected chi connectivity index (χ4v) is 3.11. The van der Waals surface area contributed by atoms with Crippen molar-refractivity contribution in [2.45, 2.75) is 38.9 Å². The van der Waals surface area contributed by atoms with E-state index >= 15 is 0 Å². The summed E-state index contributed by atoms with van der Waals surface area (Å²) in [7, 11) is 0. The van der Waals surface area contributed by atoms with Gasteiger partial charge in [0.25, 0.3) is 0 Å². The van der Waals surface area contributed by atoms with Crippen molar-refractivity contribution in [1.82, 2.24) is 0 Å². The van der Waals surface area contributed by atoms with Crippen molar-refractivity contribution in [1.29, 1.82) is 0 Å². The van der Waals surface area contributed by atoms with E-state index in [1.54, 1.807) is 0 Å². The van der Waals surface area contributed by atoms with Crippen LogP contribution in [-0.4, -0.2) is 6.10 Å². The van der Waals surface area contributed by atoms with Crippen LogP contribution in [0.3, 0.4) is 0 Å². The van der Waals surface area contributed by atoms with Crippen molar-refractivity contribution in [3.63, 3.8) is 0 Å². The SMILES string of the molecule is CC(CCCc1ccccc1-c1ccccc1)OCc1ccccc1. The summed E-state index contributed by atoms with van der Waals surface area (Å²) >= 11 is 0. The van der Waals surface area contributed by atoms with Gasteiger partial charge in [0.05, 0.1) is 12.7 Å². The van der Waals surface area contributed by atoms with Crippen LogP contribution in [-0.2, 0) is 17.8 Å². The third kappa shape index (κ3) is 5.30. The highest BCUT2D eigenvalue weighted by Gasteiger charge is 2.07. The van der Waals surface area contributed by atoms with Gasteiger partial charge in [0.1, 0.15) is 0 Å². The molecule has 1 heteroatoms. The summed E-state index contributed by atoms with van der Waals surface area (Å²) in [6.45, 7) is 2.87. The van der Waals surface area contributed by atoms with Crippen molar-refractivity contribution < 1.29 is 4.74 Å². The molecule has 3 aromatic rings. The van der Waals surface area contributed by atoms with Crippen LogP contribution in [0, 0.1) is 0 Å². The van der Waals surface area contributed by atoms with Crippen molar-refractivity contribution in [2.24, 2.45) is 0 Å². The predicted molar refractivity (Wildman–Crippen MR) is 106 cm³/mol. The second-order valence-corrected chi connectivity index (χ2v) is 6.52. The smallest absolute Gasteiger partial charge is 0.0720 e. The van der Waals surface area contributed by atoms with Gasteiger partial charge >= 0.3 is 0 Å². The topological polar surface area (TPSA) is 9.23 Å². The number of benzene rings is 3. The van der Waals surface area contributed by atoms with Crippen molar-refractivity contribution in [2.75, 3.05) is 0 Å². The zero-order chi connectivity index (χ0) is 17.3. The van der Waals surface area contributed by atoms with Crippen LogP contribution < -0.4 is 0 Å². The van der Waals surface area contributed by atoms with E-state index in [0.717, 1.165) is 19.3 Å². The molecule has 0 aliphatic heterocycles. The lowest BCUT2D eigenvalue weighted by atomic mass is 9.96. The summed E-state index contributed by atoms with van der Waals surface area (Å²) in [5.74, 6) is 0. The Bertz CT molecular complexity index is 749. The largest absolute Gasteiger partial charge is 0.374 e. The lowest BCUT2D eigenvalue weighted by molar-refractivity contribution is 0.0464. The first-order valence-corrected chi connectivity index (χ1v) is 9.12. The highest BCUT2D eigenvalue weighted by Crippen LogP contribution is 2.25. The van der Waals surface area contributed by atoms with Gasteiger partial charge in [-0.05, 0) is 48.4 Å². The van der Waals surface area contributed by atoms with Gasteiger partial charge in [-0.3, -0.25) is 0 Å². The maximum Gasteiger partial charge on any atom is 0.0720 e. The molecule has 25 heavy (non-hydrogen) atoms.